The average molecular weight is 397 g/mol. The summed E-state index contributed by atoms with van der Waals surface area (Å²) < 4.78 is 12.4. The van der Waals surface area contributed by atoms with E-state index in [4.69, 9.17) is 9.47 Å². The Bertz CT molecular complexity index is 614. The predicted octanol–water partition coefficient (Wildman–Crippen LogP) is 4.62. The summed E-state index contributed by atoms with van der Waals surface area (Å²) in [5.41, 5.74) is 3.48. The predicted molar refractivity (Wildman–Crippen MR) is 95.4 cm³/mol. The summed E-state index contributed by atoms with van der Waals surface area (Å²) >= 11 is 2.35. The van der Waals surface area contributed by atoms with E-state index in [1.54, 1.807) is 7.11 Å². The molecular weight excluding hydrogens is 377 g/mol. The van der Waals surface area contributed by atoms with E-state index in [0.717, 1.165) is 22.7 Å². The minimum Gasteiger partial charge on any atom is -0.493 e. The van der Waals surface area contributed by atoms with Gasteiger partial charge >= 0.3 is 0 Å². The van der Waals surface area contributed by atoms with Crippen molar-refractivity contribution in [1.29, 1.82) is 0 Å². The van der Waals surface area contributed by atoms with Crippen LogP contribution in [0.25, 0.3) is 0 Å². The summed E-state index contributed by atoms with van der Waals surface area (Å²) in [6.45, 7) is 5.41. The third kappa shape index (κ3) is 4.03. The van der Waals surface area contributed by atoms with E-state index in [0.29, 0.717) is 13.2 Å². The minimum absolute atomic E-state index is 0.628. The van der Waals surface area contributed by atoms with Crippen molar-refractivity contribution in [1.82, 2.24) is 0 Å². The molecule has 21 heavy (non-hydrogen) atoms. The van der Waals surface area contributed by atoms with Crippen LogP contribution in [0.2, 0.25) is 0 Å². The van der Waals surface area contributed by atoms with Gasteiger partial charge in [0.15, 0.2) is 11.5 Å². The number of hydrogen-bond donors (Lipinski definition) is 1. The molecule has 0 unspecified atom stereocenters. The number of benzene rings is 2. The lowest BCUT2D eigenvalue weighted by molar-refractivity contribution is 0.309. The van der Waals surface area contributed by atoms with Crippen molar-refractivity contribution in [3.63, 3.8) is 0 Å². The lowest BCUT2D eigenvalue weighted by Gasteiger charge is -2.15. The molecule has 0 aliphatic carbocycles. The summed E-state index contributed by atoms with van der Waals surface area (Å²) in [5.74, 6) is 1.59. The van der Waals surface area contributed by atoms with Gasteiger partial charge in [-0.25, -0.2) is 0 Å². The molecular formula is C17H20INO2. The van der Waals surface area contributed by atoms with E-state index in [1.807, 2.05) is 25.1 Å². The summed E-state index contributed by atoms with van der Waals surface area (Å²) in [5, 5.41) is 3.43. The van der Waals surface area contributed by atoms with Gasteiger partial charge in [0.05, 0.1) is 13.7 Å². The molecule has 0 amide bonds. The van der Waals surface area contributed by atoms with E-state index in [1.165, 1.54) is 9.13 Å². The van der Waals surface area contributed by atoms with Gasteiger partial charge in [-0.05, 0) is 60.2 Å². The maximum absolute atomic E-state index is 5.60. The lowest BCUT2D eigenvalue weighted by Crippen LogP contribution is -2.04. The third-order valence-electron chi connectivity index (χ3n) is 3.22. The average Bonchev–Trinajstić information content (AvgIpc) is 2.49. The van der Waals surface area contributed by atoms with Gasteiger partial charge in [-0.15, -0.1) is 0 Å². The molecule has 2 aromatic rings. The number of methoxy groups -OCH3 is 1. The number of para-hydroxylation sites is 1. The van der Waals surface area contributed by atoms with Crippen LogP contribution in [0.5, 0.6) is 11.5 Å². The molecule has 0 fully saturated rings. The number of hydrogen-bond acceptors (Lipinski definition) is 3. The van der Waals surface area contributed by atoms with Crippen molar-refractivity contribution in [3.05, 3.63) is 51.1 Å². The highest BCUT2D eigenvalue weighted by Gasteiger charge is 2.09. The Morgan fingerprint density at radius 3 is 2.67 bits per heavy atom. The van der Waals surface area contributed by atoms with Crippen LogP contribution in [0.15, 0.2) is 36.4 Å². The fourth-order valence-corrected chi connectivity index (χ4v) is 2.62. The number of anilines is 1. The minimum atomic E-state index is 0.628. The maximum atomic E-state index is 5.60. The number of rotatable bonds is 6. The first kappa shape index (κ1) is 15.9. The summed E-state index contributed by atoms with van der Waals surface area (Å²) in [4.78, 5) is 0. The van der Waals surface area contributed by atoms with Crippen LogP contribution in [0.3, 0.4) is 0 Å². The number of aryl methyl sites for hydroxylation is 1. The maximum Gasteiger partial charge on any atom is 0.165 e. The van der Waals surface area contributed by atoms with Crippen molar-refractivity contribution in [2.75, 3.05) is 19.0 Å². The molecule has 0 saturated heterocycles. The van der Waals surface area contributed by atoms with Crippen molar-refractivity contribution in [2.24, 2.45) is 0 Å². The van der Waals surface area contributed by atoms with Crippen molar-refractivity contribution >= 4 is 28.3 Å². The molecule has 0 aliphatic rings. The first-order valence-corrected chi connectivity index (χ1v) is 8.02. The van der Waals surface area contributed by atoms with Gasteiger partial charge in [0.25, 0.3) is 0 Å². The zero-order chi connectivity index (χ0) is 15.2. The molecule has 0 saturated carbocycles. The fraction of sp³-hybridized carbons (Fsp3) is 0.294. The highest BCUT2D eigenvalue weighted by Crippen LogP contribution is 2.31. The Kier molecular flexibility index (Phi) is 5.73. The first-order chi connectivity index (χ1) is 10.2. The molecule has 0 heterocycles. The number of ether oxygens (including phenoxy) is 2. The topological polar surface area (TPSA) is 30.5 Å². The molecule has 0 aliphatic heterocycles. The second-order valence-electron chi connectivity index (χ2n) is 4.70. The van der Waals surface area contributed by atoms with Crippen LogP contribution in [-0.2, 0) is 6.54 Å². The summed E-state index contributed by atoms with van der Waals surface area (Å²) in [6, 6.07) is 12.3. The van der Waals surface area contributed by atoms with Gasteiger partial charge in [-0.2, -0.15) is 0 Å². The van der Waals surface area contributed by atoms with E-state index in [2.05, 4.69) is 53.0 Å². The zero-order valence-corrected chi connectivity index (χ0v) is 14.7. The quantitative estimate of drug-likeness (QED) is 0.722. The van der Waals surface area contributed by atoms with Crippen LogP contribution in [0, 0.1) is 10.5 Å². The summed E-state index contributed by atoms with van der Waals surface area (Å²) in [7, 11) is 1.68. The van der Waals surface area contributed by atoms with Gasteiger partial charge in [-0.1, -0.05) is 18.2 Å². The van der Waals surface area contributed by atoms with Crippen LogP contribution in [0.1, 0.15) is 18.1 Å². The number of nitrogens with one attached hydrogen (secondary N) is 1. The molecule has 2 rings (SSSR count). The molecule has 0 spiro atoms. The highest BCUT2D eigenvalue weighted by atomic mass is 127. The normalized spacial score (nSPS) is 10.3. The molecule has 0 aromatic heterocycles. The van der Waals surface area contributed by atoms with Crippen molar-refractivity contribution in [3.8, 4) is 11.5 Å². The van der Waals surface area contributed by atoms with Gasteiger partial charge in [0, 0.05) is 21.4 Å². The largest absolute Gasteiger partial charge is 0.493 e. The Morgan fingerprint density at radius 1 is 1.19 bits per heavy atom. The molecule has 112 valence electrons. The molecule has 2 aromatic carbocycles. The standard InChI is InChI=1S/C17H20INO2/c1-4-21-16-7-5-6-13(17(16)20-3)11-19-14-9-8-12(2)15(18)10-14/h5-10,19H,4,11H2,1-3H3. The molecule has 1 N–H and O–H groups in total. The zero-order valence-electron chi connectivity index (χ0n) is 12.6. The van der Waals surface area contributed by atoms with E-state index >= 15 is 0 Å². The Labute approximate surface area is 139 Å². The Balaban J connectivity index is 2.15. The Hall–Kier alpha value is -1.43. The van der Waals surface area contributed by atoms with Crippen LogP contribution >= 0.6 is 22.6 Å². The van der Waals surface area contributed by atoms with Crippen LogP contribution < -0.4 is 14.8 Å². The smallest absolute Gasteiger partial charge is 0.165 e. The van der Waals surface area contributed by atoms with E-state index in [9.17, 15) is 0 Å². The molecule has 0 atom stereocenters. The molecule has 4 heteroatoms. The van der Waals surface area contributed by atoms with Gasteiger partial charge in [-0.3, -0.25) is 0 Å². The fourth-order valence-electron chi connectivity index (χ4n) is 2.10. The molecule has 3 nitrogen and oxygen atoms in total. The molecule has 0 radical (unpaired) electrons. The van der Waals surface area contributed by atoms with Gasteiger partial charge in [0.2, 0.25) is 0 Å². The van der Waals surface area contributed by atoms with Crippen molar-refractivity contribution < 1.29 is 9.47 Å². The van der Waals surface area contributed by atoms with Gasteiger partial charge in [0.1, 0.15) is 0 Å². The summed E-state index contributed by atoms with van der Waals surface area (Å²) in [6.07, 6.45) is 0. The second kappa shape index (κ2) is 7.54. The second-order valence-corrected chi connectivity index (χ2v) is 5.86. The third-order valence-corrected chi connectivity index (χ3v) is 4.38. The first-order valence-electron chi connectivity index (χ1n) is 6.94. The van der Waals surface area contributed by atoms with Crippen molar-refractivity contribution in [2.45, 2.75) is 20.4 Å². The van der Waals surface area contributed by atoms with Crippen LogP contribution in [0.4, 0.5) is 5.69 Å². The van der Waals surface area contributed by atoms with Crippen LogP contribution in [-0.4, -0.2) is 13.7 Å². The number of halogens is 1. The monoisotopic (exact) mass is 397 g/mol. The Morgan fingerprint density at radius 2 is 2.00 bits per heavy atom. The van der Waals surface area contributed by atoms with E-state index < -0.39 is 0 Å². The van der Waals surface area contributed by atoms with Gasteiger partial charge < -0.3 is 14.8 Å². The lowest BCUT2D eigenvalue weighted by atomic mass is 10.1. The molecule has 0 bridgehead atoms. The SMILES string of the molecule is CCOc1cccc(CNc2ccc(C)c(I)c2)c1OC. The highest BCUT2D eigenvalue weighted by molar-refractivity contribution is 14.1. The van der Waals surface area contributed by atoms with E-state index in [-0.39, 0.29) is 0 Å².